The van der Waals surface area contributed by atoms with Crippen molar-refractivity contribution in [3.8, 4) is 0 Å². The van der Waals surface area contributed by atoms with Crippen LogP contribution >= 0.6 is 11.3 Å². The van der Waals surface area contributed by atoms with Gasteiger partial charge in [-0.1, -0.05) is 30.3 Å². The second kappa shape index (κ2) is 5.91. The van der Waals surface area contributed by atoms with Gasteiger partial charge in [-0.05, 0) is 12.6 Å². The van der Waals surface area contributed by atoms with E-state index in [4.69, 9.17) is 4.74 Å². The standard InChI is InChI=1S/C13H16N2OS/c1-14-8-11-9-15-13(17-11)12(16-2)10-6-4-3-5-7-10/h3-7,9,12,14H,8H2,1-2H3. The summed E-state index contributed by atoms with van der Waals surface area (Å²) >= 11 is 1.69. The molecule has 90 valence electrons. The highest BCUT2D eigenvalue weighted by molar-refractivity contribution is 7.11. The van der Waals surface area contributed by atoms with Crippen LogP contribution in [0.25, 0.3) is 0 Å². The van der Waals surface area contributed by atoms with Gasteiger partial charge in [0.1, 0.15) is 11.1 Å². The third kappa shape index (κ3) is 2.91. The number of nitrogens with one attached hydrogen (secondary N) is 1. The van der Waals surface area contributed by atoms with Crippen LogP contribution in [0, 0.1) is 0 Å². The molecule has 0 radical (unpaired) electrons. The Labute approximate surface area is 105 Å². The van der Waals surface area contributed by atoms with E-state index in [-0.39, 0.29) is 6.10 Å². The highest BCUT2D eigenvalue weighted by Crippen LogP contribution is 2.28. The Hall–Kier alpha value is -1.23. The third-order valence-electron chi connectivity index (χ3n) is 2.48. The average molecular weight is 248 g/mol. The second-order valence-corrected chi connectivity index (χ2v) is 4.87. The molecule has 0 aliphatic carbocycles. The molecule has 2 aromatic rings. The van der Waals surface area contributed by atoms with Crippen molar-refractivity contribution < 1.29 is 4.74 Å². The molecule has 1 N–H and O–H groups in total. The van der Waals surface area contributed by atoms with Gasteiger partial charge >= 0.3 is 0 Å². The zero-order valence-electron chi connectivity index (χ0n) is 10.0. The number of nitrogens with zero attached hydrogens (tertiary/aromatic N) is 1. The van der Waals surface area contributed by atoms with Crippen LogP contribution in [-0.2, 0) is 11.3 Å². The van der Waals surface area contributed by atoms with E-state index in [2.05, 4.69) is 22.4 Å². The fraction of sp³-hybridized carbons (Fsp3) is 0.308. The molecule has 1 atom stereocenters. The lowest BCUT2D eigenvalue weighted by Crippen LogP contribution is -2.03. The lowest BCUT2D eigenvalue weighted by molar-refractivity contribution is 0.136. The number of hydrogen-bond donors (Lipinski definition) is 1. The highest BCUT2D eigenvalue weighted by atomic mass is 32.1. The van der Waals surface area contributed by atoms with Crippen LogP contribution in [0.5, 0.6) is 0 Å². The van der Waals surface area contributed by atoms with Crippen LogP contribution in [0.4, 0.5) is 0 Å². The molecule has 1 aromatic heterocycles. The summed E-state index contributed by atoms with van der Waals surface area (Å²) in [7, 11) is 3.65. The van der Waals surface area contributed by atoms with Crippen LogP contribution < -0.4 is 5.32 Å². The molecular weight excluding hydrogens is 232 g/mol. The highest BCUT2D eigenvalue weighted by Gasteiger charge is 2.16. The minimum Gasteiger partial charge on any atom is -0.370 e. The van der Waals surface area contributed by atoms with Crippen molar-refractivity contribution in [1.82, 2.24) is 10.3 Å². The number of thiazole rings is 1. The lowest BCUT2D eigenvalue weighted by atomic mass is 10.1. The fourth-order valence-corrected chi connectivity index (χ4v) is 2.74. The van der Waals surface area contributed by atoms with Crippen molar-refractivity contribution in [2.75, 3.05) is 14.2 Å². The predicted octanol–water partition coefficient (Wildman–Crippen LogP) is 2.60. The Morgan fingerprint density at radius 1 is 1.35 bits per heavy atom. The van der Waals surface area contributed by atoms with Gasteiger partial charge in [0, 0.05) is 24.7 Å². The van der Waals surface area contributed by atoms with Crippen molar-refractivity contribution in [2.45, 2.75) is 12.6 Å². The van der Waals surface area contributed by atoms with Crippen molar-refractivity contribution >= 4 is 11.3 Å². The van der Waals surface area contributed by atoms with Gasteiger partial charge in [0.2, 0.25) is 0 Å². The summed E-state index contributed by atoms with van der Waals surface area (Å²) < 4.78 is 5.54. The molecular formula is C13H16N2OS. The molecule has 0 saturated carbocycles. The second-order valence-electron chi connectivity index (χ2n) is 3.72. The van der Waals surface area contributed by atoms with E-state index < -0.39 is 0 Å². The van der Waals surface area contributed by atoms with E-state index in [0.29, 0.717) is 0 Å². The Bertz CT molecular complexity index is 455. The smallest absolute Gasteiger partial charge is 0.134 e. The molecule has 0 bridgehead atoms. The average Bonchev–Trinajstić information content (AvgIpc) is 2.81. The van der Waals surface area contributed by atoms with Crippen LogP contribution in [0.3, 0.4) is 0 Å². The molecule has 2 rings (SSSR count). The first kappa shape index (κ1) is 12.2. The maximum absolute atomic E-state index is 5.54. The molecule has 17 heavy (non-hydrogen) atoms. The molecule has 3 nitrogen and oxygen atoms in total. The van der Waals surface area contributed by atoms with Crippen molar-refractivity contribution in [3.63, 3.8) is 0 Å². The van der Waals surface area contributed by atoms with Crippen LogP contribution in [0.15, 0.2) is 36.5 Å². The Kier molecular flexibility index (Phi) is 4.25. The fourth-order valence-electron chi connectivity index (χ4n) is 1.71. The lowest BCUT2D eigenvalue weighted by Gasteiger charge is -2.12. The molecule has 0 aliphatic rings. The van der Waals surface area contributed by atoms with Gasteiger partial charge in [-0.3, -0.25) is 0 Å². The normalized spacial score (nSPS) is 12.6. The summed E-state index contributed by atoms with van der Waals surface area (Å²) in [5.41, 5.74) is 1.14. The SMILES string of the molecule is CNCc1cnc(C(OC)c2ccccc2)s1. The Morgan fingerprint density at radius 2 is 2.12 bits per heavy atom. The van der Waals surface area contributed by atoms with E-state index in [1.807, 2.05) is 31.4 Å². The Morgan fingerprint density at radius 3 is 2.76 bits per heavy atom. The largest absolute Gasteiger partial charge is 0.370 e. The minimum absolute atomic E-state index is 0.0631. The molecule has 1 heterocycles. The molecule has 4 heteroatoms. The molecule has 0 aliphatic heterocycles. The summed E-state index contributed by atoms with van der Waals surface area (Å²) in [5, 5.41) is 4.13. The van der Waals surface area contributed by atoms with Gasteiger partial charge in [0.05, 0.1) is 0 Å². The third-order valence-corrected chi connectivity index (χ3v) is 3.53. The topological polar surface area (TPSA) is 34.2 Å². The number of ether oxygens (including phenoxy) is 1. The van der Waals surface area contributed by atoms with Gasteiger partial charge in [-0.25, -0.2) is 4.98 Å². The zero-order chi connectivity index (χ0) is 12.1. The first-order chi connectivity index (χ1) is 8.35. The minimum atomic E-state index is -0.0631. The Balaban J connectivity index is 2.23. The number of hydrogen-bond acceptors (Lipinski definition) is 4. The summed E-state index contributed by atoms with van der Waals surface area (Å²) in [6.45, 7) is 0.850. The van der Waals surface area contributed by atoms with E-state index in [0.717, 1.165) is 17.1 Å². The number of rotatable bonds is 5. The summed E-state index contributed by atoms with van der Waals surface area (Å²) in [5.74, 6) is 0. The van der Waals surface area contributed by atoms with E-state index in [1.54, 1.807) is 18.4 Å². The summed E-state index contributed by atoms with van der Waals surface area (Å²) in [6.07, 6.45) is 1.85. The van der Waals surface area contributed by atoms with Gasteiger partial charge in [0.25, 0.3) is 0 Å². The van der Waals surface area contributed by atoms with Gasteiger partial charge in [0.15, 0.2) is 0 Å². The first-order valence-electron chi connectivity index (χ1n) is 5.52. The number of aromatic nitrogens is 1. The summed E-state index contributed by atoms with van der Waals surface area (Å²) in [4.78, 5) is 5.66. The molecule has 0 spiro atoms. The van der Waals surface area contributed by atoms with Crippen molar-refractivity contribution in [2.24, 2.45) is 0 Å². The molecule has 0 fully saturated rings. The van der Waals surface area contributed by atoms with Gasteiger partial charge in [-0.2, -0.15) is 0 Å². The quantitative estimate of drug-likeness (QED) is 0.883. The number of methoxy groups -OCH3 is 1. The first-order valence-corrected chi connectivity index (χ1v) is 6.33. The molecule has 0 amide bonds. The molecule has 0 saturated heterocycles. The van der Waals surface area contributed by atoms with Gasteiger partial charge < -0.3 is 10.1 Å². The van der Waals surface area contributed by atoms with Crippen molar-refractivity contribution in [1.29, 1.82) is 0 Å². The van der Waals surface area contributed by atoms with Crippen molar-refractivity contribution in [3.05, 3.63) is 52.0 Å². The van der Waals surface area contributed by atoms with E-state index in [1.165, 1.54) is 4.88 Å². The van der Waals surface area contributed by atoms with Crippen LogP contribution in [0.1, 0.15) is 21.6 Å². The summed E-state index contributed by atoms with van der Waals surface area (Å²) in [6, 6.07) is 10.2. The van der Waals surface area contributed by atoms with E-state index in [9.17, 15) is 0 Å². The number of benzene rings is 1. The molecule has 1 aromatic carbocycles. The van der Waals surface area contributed by atoms with Crippen LogP contribution in [-0.4, -0.2) is 19.1 Å². The van der Waals surface area contributed by atoms with E-state index >= 15 is 0 Å². The maximum atomic E-state index is 5.54. The monoisotopic (exact) mass is 248 g/mol. The predicted molar refractivity (Wildman–Crippen MR) is 70.2 cm³/mol. The van der Waals surface area contributed by atoms with Crippen LogP contribution in [0.2, 0.25) is 0 Å². The zero-order valence-corrected chi connectivity index (χ0v) is 10.8. The molecule has 1 unspecified atom stereocenters. The maximum Gasteiger partial charge on any atom is 0.134 e. The van der Waals surface area contributed by atoms with Gasteiger partial charge in [-0.15, -0.1) is 11.3 Å².